The number of imidazole rings is 2. The summed E-state index contributed by atoms with van der Waals surface area (Å²) in [5.41, 5.74) is 99.9. The molecule has 0 spiro atoms. The molecule has 0 aliphatic heterocycles. The first kappa shape index (κ1) is 121. The van der Waals surface area contributed by atoms with Crippen molar-refractivity contribution in [2.24, 2.45) is 174 Å². The van der Waals surface area contributed by atoms with E-state index in [2.05, 4.69) is 64.9 Å². The second-order valence-corrected chi connectivity index (χ2v) is 32.2. The van der Waals surface area contributed by atoms with Crippen LogP contribution in [0.1, 0.15) is 162 Å². The largest absolute Gasteiger partial charge is 0.490 e. The fourth-order valence-corrected chi connectivity index (χ4v) is 13.9. The molecule has 0 fully saturated rings. The van der Waals surface area contributed by atoms with Crippen molar-refractivity contribution in [3.8, 4) is 0 Å². The molecule has 4 rings (SSSR count). The van der Waals surface area contributed by atoms with Crippen LogP contribution in [0.5, 0.6) is 0 Å². The van der Waals surface area contributed by atoms with Crippen molar-refractivity contribution in [3.63, 3.8) is 0 Å². The summed E-state index contributed by atoms with van der Waals surface area (Å²) >= 11 is 6.41. The van der Waals surface area contributed by atoms with Crippen LogP contribution in [0.3, 0.4) is 0 Å². The highest BCUT2D eigenvalue weighted by Crippen LogP contribution is 2.32. The predicted octanol–water partition coefficient (Wildman–Crippen LogP) is -3.16. The SMILES string of the molecule is CCCC(N)=O.C[C@@H](CSCC(=O)OCCOCn1cnc2c(=O)[nH]c(N)nc21)C(=O)C[C@H](CCCN=C(N)N)C(=O)C[C@H](CCCN=C(N)N)C(=O)C[C@H](CCCN=C(N)N)C(=O)C[C@H](CCCN=C(N)N)C(=O)C[C@H](CCCN=C(N)N)C(=O)C[C@H](CCCN=C(N)N)C(=O)C[C@H](CCCN=C(N)N)C(N)=O.Nc1nc2c(ncn2COCCOC(=O)CCl)c(=O)[nH]1.O=C(O)C(F)(F)F. The minimum absolute atomic E-state index is 0.000271. The first-order valence-corrected chi connectivity index (χ1v) is 44.8. The van der Waals surface area contributed by atoms with Gasteiger partial charge in [0.1, 0.15) is 73.0 Å². The summed E-state index contributed by atoms with van der Waals surface area (Å²) in [6, 6.07) is 0. The lowest BCUT2D eigenvalue weighted by Crippen LogP contribution is -2.32. The van der Waals surface area contributed by atoms with Gasteiger partial charge in [-0.15, -0.1) is 23.4 Å². The number of nitrogens with two attached hydrogens (primary N) is 18. The Bertz CT molecular complexity index is 4820. The number of H-pyrrole nitrogens is 2. The van der Waals surface area contributed by atoms with Crippen molar-refractivity contribution in [3.05, 3.63) is 33.4 Å². The number of amides is 2. The number of nitrogen functional groups attached to an aromatic ring is 2. The molecule has 39 N–H and O–H groups in total. The Kier molecular flexibility index (Phi) is 59.3. The van der Waals surface area contributed by atoms with Crippen LogP contribution in [0.25, 0.3) is 22.3 Å². The van der Waals surface area contributed by atoms with E-state index in [9.17, 15) is 70.7 Å². The molecule has 4 aromatic rings. The van der Waals surface area contributed by atoms with Gasteiger partial charge in [-0.05, 0) is 96.3 Å². The minimum Gasteiger partial charge on any atom is -0.475 e. The topological polar surface area (TPSA) is 944 Å². The number of hydrogen-bond donors (Lipinski definition) is 21. The molecule has 57 heteroatoms. The molecule has 0 unspecified atom stereocenters. The van der Waals surface area contributed by atoms with Crippen LogP contribution in [0.4, 0.5) is 25.1 Å². The number of aliphatic carboxylic acids is 1. The average molecular weight is 1970 g/mol. The molecule has 0 aliphatic rings. The third kappa shape index (κ3) is 54.1. The molecule has 4 aromatic heterocycles. The summed E-state index contributed by atoms with van der Waals surface area (Å²) in [6.45, 7) is 4.48. The number of aromatic amines is 2. The monoisotopic (exact) mass is 1970 g/mol. The lowest BCUT2D eigenvalue weighted by molar-refractivity contribution is -0.192. The number of carbonyl (C=O) groups excluding carboxylic acids is 11. The molecule has 0 saturated carbocycles. The van der Waals surface area contributed by atoms with Crippen LogP contribution in [0.2, 0.25) is 0 Å². The van der Waals surface area contributed by atoms with Gasteiger partial charge < -0.3 is 127 Å². The molecule has 8 atom stereocenters. The number of hydrogen-bond acceptors (Lipinski definition) is 32. The van der Waals surface area contributed by atoms with Crippen molar-refractivity contribution in [2.45, 2.75) is 181 Å². The van der Waals surface area contributed by atoms with Crippen LogP contribution < -0.4 is 114 Å². The number of aliphatic imine (C=N–C) groups is 7. The van der Waals surface area contributed by atoms with Crippen LogP contribution in [0.15, 0.2) is 57.2 Å². The van der Waals surface area contributed by atoms with E-state index in [1.807, 2.05) is 6.92 Å². The van der Waals surface area contributed by atoms with Gasteiger partial charge in [0, 0.05) is 150 Å². The Morgan fingerprint density at radius 3 is 0.949 bits per heavy atom. The Morgan fingerprint density at radius 1 is 0.441 bits per heavy atom. The first-order chi connectivity index (χ1) is 64.1. The summed E-state index contributed by atoms with van der Waals surface area (Å²) in [5, 5.41) is 7.12. The van der Waals surface area contributed by atoms with E-state index in [0.29, 0.717) is 18.5 Å². The van der Waals surface area contributed by atoms with E-state index in [1.165, 1.54) is 21.8 Å². The van der Waals surface area contributed by atoms with E-state index < -0.39 is 142 Å². The molecular weight excluding hydrogens is 1840 g/mol. The maximum absolute atomic E-state index is 15.0. The van der Waals surface area contributed by atoms with Gasteiger partial charge in [-0.3, -0.25) is 116 Å². The number of carbonyl (C=O) groups is 12. The summed E-state index contributed by atoms with van der Waals surface area (Å²) in [7, 11) is 0. The number of Topliss-reactive ketones (excluding diaryl/α,β-unsaturated/α-hetero) is 7. The maximum Gasteiger partial charge on any atom is 0.490 e. The number of nitrogens with one attached hydrogen (secondary N) is 2. The Morgan fingerprint density at radius 2 is 0.706 bits per heavy atom. The number of ether oxygens (including phenoxy) is 4. The van der Waals surface area contributed by atoms with Gasteiger partial charge in [0.05, 0.1) is 31.6 Å². The van der Waals surface area contributed by atoms with Crippen LogP contribution in [0, 0.1) is 47.3 Å². The normalized spacial score (nSPS) is 12.7. The van der Waals surface area contributed by atoms with E-state index in [4.69, 9.17) is 144 Å². The van der Waals surface area contributed by atoms with Crippen LogP contribution in [-0.2, 0) is 89.9 Å². The Labute approximate surface area is 789 Å². The molecule has 136 heavy (non-hydrogen) atoms. The zero-order valence-electron chi connectivity index (χ0n) is 76.3. The zero-order chi connectivity index (χ0) is 103. The van der Waals surface area contributed by atoms with Gasteiger partial charge in [-0.1, -0.05) is 13.8 Å². The van der Waals surface area contributed by atoms with Crippen molar-refractivity contribution >= 4 is 170 Å². The summed E-state index contributed by atoms with van der Waals surface area (Å²) in [6.07, 6.45) is -0.978. The highest BCUT2D eigenvalue weighted by Gasteiger charge is 2.39. The molecule has 2 amide bonds. The number of halogens is 4. The predicted molar refractivity (Wildman–Crippen MR) is 504 cm³/mol. The number of thioether (sulfide) groups is 1. The lowest BCUT2D eigenvalue weighted by Gasteiger charge is -2.25. The fourth-order valence-electron chi connectivity index (χ4n) is 13.0. The molecule has 762 valence electrons. The number of ketones is 7. The van der Waals surface area contributed by atoms with Crippen molar-refractivity contribution < 1.29 is 94.8 Å². The van der Waals surface area contributed by atoms with Gasteiger partial charge in [-0.25, -0.2) is 14.8 Å². The van der Waals surface area contributed by atoms with E-state index in [-0.39, 0.29) is 294 Å². The number of alkyl halides is 4. The van der Waals surface area contributed by atoms with Gasteiger partial charge >= 0.3 is 24.1 Å². The summed E-state index contributed by atoms with van der Waals surface area (Å²) in [5.74, 6) is -17.1. The first-order valence-electron chi connectivity index (χ1n) is 43.1. The smallest absolute Gasteiger partial charge is 0.475 e. The van der Waals surface area contributed by atoms with Crippen molar-refractivity contribution in [1.82, 2.24) is 39.0 Å². The Hall–Kier alpha value is -13.4. The number of guanidine groups is 7. The molecule has 0 aliphatic carbocycles. The summed E-state index contributed by atoms with van der Waals surface area (Å²) < 4.78 is 55.6. The van der Waals surface area contributed by atoms with Gasteiger partial charge in [0.15, 0.2) is 64.0 Å². The standard InChI is InChI=1S/C63H111N27O12S.C10H12ClN5O4.C4H9NO.C2HF3O2/c1-36(32-103-33-51(98)102-24-23-101-35-90-34-87-52-54(90)88-63(79)89-55(52)100)44(91)25-37(9-2-16-80-56(65)66)45(92)26-38(10-3-17-81-57(67)68)46(93)27-39(11-4-18-82-58(69)70)47(94)28-40(12-5-19-83-59(71)72)48(95)29-41(13-6-20-84-60(73)74)49(96)30-42(14-7-21-85-61(75)76)50(97)31-43(53(64)99)15-8-22-86-62(77)78;11-3-6(17)20-2-1-19-5-16-4-13-7-8(16)14-10(12)15-9(7)18;1-2-3-4(5)6;3-2(4,5)1(6)7/h34,36-43H,2-33,35H2,1H3,(H2,64,99)(H4,65,66,80)(H4,67,68,81)(H4,69,70,82)(H4,71,72,83)(H4,73,74,84)(H4,75,76,85)(H4,77,78,86)(H3,79,88,89,100);4H,1-3,5H2,(H3,12,14,15,18);2-3H2,1H3,(H2,5,6);(H,6,7)/t36-,37-,38-,39-,40-,41-,42-,43-;;;/m0.../s1. The maximum atomic E-state index is 15.0. The fraction of sp³-hybridized carbons (Fsp3) is 0.633. The Balaban J connectivity index is 0.00000232. The number of carboxylic acid groups (broad SMARTS) is 1. The van der Waals surface area contributed by atoms with Crippen LogP contribution in [-0.4, -0.2) is 252 Å². The summed E-state index contributed by atoms with van der Waals surface area (Å²) in [4.78, 5) is 230. The van der Waals surface area contributed by atoms with Crippen molar-refractivity contribution in [2.75, 3.05) is 101 Å². The van der Waals surface area contributed by atoms with E-state index in [1.54, 1.807) is 6.92 Å². The third-order valence-electron chi connectivity index (χ3n) is 19.7. The lowest BCUT2D eigenvalue weighted by atomic mass is 9.78. The van der Waals surface area contributed by atoms with E-state index in [0.717, 1.165) is 18.2 Å². The molecule has 52 nitrogen and oxygen atoms in total. The zero-order valence-corrected chi connectivity index (χ0v) is 77.8. The van der Waals surface area contributed by atoms with Gasteiger partial charge in [0.25, 0.3) is 11.1 Å². The molecule has 0 radical (unpaired) electrons. The minimum atomic E-state index is -5.08. The number of fused-ring (bicyclic) bond motifs is 2. The van der Waals surface area contributed by atoms with Crippen molar-refractivity contribution in [1.29, 1.82) is 0 Å². The number of esters is 2. The number of anilines is 2. The van der Waals surface area contributed by atoms with Crippen LogP contribution >= 0.6 is 23.4 Å². The number of primary amides is 2. The van der Waals surface area contributed by atoms with Gasteiger partial charge in [-0.2, -0.15) is 23.1 Å². The molecule has 4 heterocycles. The number of rotatable bonds is 67. The van der Waals surface area contributed by atoms with Gasteiger partial charge in [0.2, 0.25) is 23.7 Å². The number of aromatic nitrogens is 8. The van der Waals surface area contributed by atoms with E-state index >= 15 is 4.79 Å². The second kappa shape index (κ2) is 66.9. The molecular formula is C79H133ClF3N33O19S. The average Bonchev–Trinajstić information content (AvgIpc) is 1.66. The number of carboxylic acids is 1. The quantitative estimate of drug-likeness (QED) is 0.00682. The highest BCUT2D eigenvalue weighted by molar-refractivity contribution is 7.99. The number of nitrogens with zero attached hydrogens (tertiary/aromatic N) is 13. The highest BCUT2D eigenvalue weighted by atomic mass is 35.5. The molecule has 0 saturated heterocycles. The molecule has 0 bridgehead atoms. The molecule has 0 aromatic carbocycles. The third-order valence-corrected chi connectivity index (χ3v) is 21.1. The second-order valence-electron chi connectivity index (χ2n) is 30.9.